The van der Waals surface area contributed by atoms with E-state index in [1.807, 2.05) is 0 Å². The molecule has 1 heterocycles. The SMILES string of the molecule is FC1(F)CCNCC1c1cccc(Cl)c1. The molecule has 1 N–H and O–H groups in total. The van der Waals surface area contributed by atoms with Crippen LogP contribution in [0.2, 0.25) is 5.02 Å². The Balaban J connectivity index is 2.29. The van der Waals surface area contributed by atoms with E-state index in [1.54, 1.807) is 24.3 Å². The van der Waals surface area contributed by atoms with Gasteiger partial charge in [0.25, 0.3) is 5.92 Å². The fourth-order valence-electron chi connectivity index (χ4n) is 1.91. The van der Waals surface area contributed by atoms with Gasteiger partial charge in [-0.1, -0.05) is 23.7 Å². The summed E-state index contributed by atoms with van der Waals surface area (Å²) in [6.45, 7) is 0.692. The maximum absolute atomic E-state index is 13.6. The second kappa shape index (κ2) is 4.06. The highest BCUT2D eigenvalue weighted by Crippen LogP contribution is 2.38. The zero-order chi connectivity index (χ0) is 10.9. The van der Waals surface area contributed by atoms with Crippen molar-refractivity contribution in [2.45, 2.75) is 18.3 Å². The Hall–Kier alpha value is -0.670. The molecule has 0 amide bonds. The topological polar surface area (TPSA) is 12.0 Å². The molecule has 0 aromatic heterocycles. The molecule has 1 aliphatic heterocycles. The van der Waals surface area contributed by atoms with E-state index in [9.17, 15) is 8.78 Å². The van der Waals surface area contributed by atoms with E-state index in [-0.39, 0.29) is 6.42 Å². The monoisotopic (exact) mass is 231 g/mol. The lowest BCUT2D eigenvalue weighted by atomic mass is 9.88. The summed E-state index contributed by atoms with van der Waals surface area (Å²) in [5.74, 6) is -3.39. The number of piperidine rings is 1. The lowest BCUT2D eigenvalue weighted by molar-refractivity contribution is -0.0479. The van der Waals surface area contributed by atoms with Gasteiger partial charge in [0.15, 0.2) is 0 Å². The average Bonchev–Trinajstić information content (AvgIpc) is 2.17. The van der Waals surface area contributed by atoms with Crippen LogP contribution in [0.3, 0.4) is 0 Å². The number of alkyl halides is 2. The fourth-order valence-corrected chi connectivity index (χ4v) is 2.11. The van der Waals surface area contributed by atoms with Crippen LogP contribution in [-0.4, -0.2) is 19.0 Å². The van der Waals surface area contributed by atoms with Gasteiger partial charge in [0.1, 0.15) is 0 Å². The number of nitrogens with one attached hydrogen (secondary N) is 1. The van der Waals surface area contributed by atoms with Crippen LogP contribution in [0.1, 0.15) is 17.9 Å². The van der Waals surface area contributed by atoms with Crippen LogP contribution in [0.25, 0.3) is 0 Å². The molecular weight excluding hydrogens is 220 g/mol. The molecule has 1 nitrogen and oxygen atoms in total. The molecule has 1 aromatic rings. The highest BCUT2D eigenvalue weighted by molar-refractivity contribution is 6.30. The minimum atomic E-state index is -2.63. The molecule has 2 rings (SSSR count). The summed E-state index contributed by atoms with van der Waals surface area (Å²) < 4.78 is 27.2. The van der Waals surface area contributed by atoms with Gasteiger partial charge in [-0.3, -0.25) is 0 Å². The van der Waals surface area contributed by atoms with Crippen molar-refractivity contribution in [2.75, 3.05) is 13.1 Å². The van der Waals surface area contributed by atoms with Crippen molar-refractivity contribution < 1.29 is 8.78 Å². The largest absolute Gasteiger partial charge is 0.316 e. The molecule has 1 saturated heterocycles. The van der Waals surface area contributed by atoms with Crippen LogP contribution in [-0.2, 0) is 0 Å². The lowest BCUT2D eigenvalue weighted by Crippen LogP contribution is -2.42. The maximum atomic E-state index is 13.6. The highest BCUT2D eigenvalue weighted by atomic mass is 35.5. The normalized spacial score (nSPS) is 25.1. The number of hydrogen-bond acceptors (Lipinski definition) is 1. The van der Waals surface area contributed by atoms with Crippen molar-refractivity contribution in [3.05, 3.63) is 34.9 Å². The molecular formula is C11H12ClF2N. The van der Waals surface area contributed by atoms with E-state index < -0.39 is 11.8 Å². The number of rotatable bonds is 1. The molecule has 0 bridgehead atoms. The summed E-state index contributed by atoms with van der Waals surface area (Å²) in [6.07, 6.45) is -0.107. The molecule has 1 aliphatic rings. The first-order valence-electron chi connectivity index (χ1n) is 4.93. The number of halogens is 3. The molecule has 1 fully saturated rings. The highest BCUT2D eigenvalue weighted by Gasteiger charge is 2.42. The number of benzene rings is 1. The Morgan fingerprint density at radius 2 is 2.20 bits per heavy atom. The molecule has 1 unspecified atom stereocenters. The van der Waals surface area contributed by atoms with Crippen molar-refractivity contribution in [3.63, 3.8) is 0 Å². The minimum Gasteiger partial charge on any atom is -0.316 e. The molecule has 0 aliphatic carbocycles. The first kappa shape index (κ1) is 10.8. The zero-order valence-electron chi connectivity index (χ0n) is 8.14. The number of hydrogen-bond donors (Lipinski definition) is 1. The third kappa shape index (κ3) is 2.29. The Kier molecular flexibility index (Phi) is 2.94. The molecule has 1 aromatic carbocycles. The van der Waals surface area contributed by atoms with Gasteiger partial charge in [0, 0.05) is 24.5 Å². The van der Waals surface area contributed by atoms with Crippen molar-refractivity contribution in [1.82, 2.24) is 5.32 Å². The molecule has 0 spiro atoms. The smallest absolute Gasteiger partial charge is 0.257 e. The summed E-state index contributed by atoms with van der Waals surface area (Å²) in [6, 6.07) is 6.73. The standard InChI is InChI=1S/C11H12ClF2N/c12-9-3-1-2-8(6-9)10-7-15-5-4-11(10,13)14/h1-3,6,10,15H,4-5,7H2. The van der Waals surface area contributed by atoms with Crippen LogP contribution in [0, 0.1) is 0 Å². The van der Waals surface area contributed by atoms with E-state index in [1.165, 1.54) is 0 Å². The average molecular weight is 232 g/mol. The molecule has 0 radical (unpaired) electrons. The van der Waals surface area contributed by atoms with Crippen molar-refractivity contribution in [3.8, 4) is 0 Å². The van der Waals surface area contributed by atoms with Gasteiger partial charge < -0.3 is 5.32 Å². The summed E-state index contributed by atoms with van der Waals surface area (Å²) in [7, 11) is 0. The zero-order valence-corrected chi connectivity index (χ0v) is 8.90. The Morgan fingerprint density at radius 1 is 1.40 bits per heavy atom. The van der Waals surface area contributed by atoms with Crippen molar-refractivity contribution in [1.29, 1.82) is 0 Å². The molecule has 15 heavy (non-hydrogen) atoms. The minimum absolute atomic E-state index is 0.107. The maximum Gasteiger partial charge on any atom is 0.257 e. The third-order valence-corrected chi connectivity index (χ3v) is 2.98. The van der Waals surface area contributed by atoms with Crippen molar-refractivity contribution in [2.24, 2.45) is 0 Å². The summed E-state index contributed by atoms with van der Waals surface area (Å²) >= 11 is 5.79. The van der Waals surface area contributed by atoms with Gasteiger partial charge in [-0.05, 0) is 17.7 Å². The van der Waals surface area contributed by atoms with E-state index in [0.29, 0.717) is 23.7 Å². The summed E-state index contributed by atoms with van der Waals surface area (Å²) in [5, 5.41) is 3.49. The van der Waals surface area contributed by atoms with E-state index in [4.69, 9.17) is 11.6 Å². The Morgan fingerprint density at radius 3 is 2.87 bits per heavy atom. The molecule has 1 atom stereocenters. The first-order valence-corrected chi connectivity index (χ1v) is 5.31. The second-order valence-corrected chi connectivity index (χ2v) is 4.26. The quantitative estimate of drug-likeness (QED) is 0.783. The third-order valence-electron chi connectivity index (χ3n) is 2.74. The van der Waals surface area contributed by atoms with Crippen LogP contribution in [0.5, 0.6) is 0 Å². The molecule has 4 heteroatoms. The summed E-state index contributed by atoms with van der Waals surface area (Å²) in [5.41, 5.74) is 0.611. The van der Waals surface area contributed by atoms with Gasteiger partial charge in [-0.25, -0.2) is 8.78 Å². The fraction of sp³-hybridized carbons (Fsp3) is 0.455. The predicted molar refractivity (Wildman–Crippen MR) is 56.6 cm³/mol. The van der Waals surface area contributed by atoms with Crippen molar-refractivity contribution >= 4 is 11.6 Å². The van der Waals surface area contributed by atoms with Gasteiger partial charge >= 0.3 is 0 Å². The van der Waals surface area contributed by atoms with Gasteiger partial charge in [-0.15, -0.1) is 0 Å². The van der Waals surface area contributed by atoms with Gasteiger partial charge in [0.2, 0.25) is 0 Å². The Labute approximate surface area is 92.4 Å². The van der Waals surface area contributed by atoms with Crippen LogP contribution >= 0.6 is 11.6 Å². The lowest BCUT2D eigenvalue weighted by Gasteiger charge is -2.32. The molecule has 82 valence electrons. The van der Waals surface area contributed by atoms with Gasteiger partial charge in [0.05, 0.1) is 5.92 Å². The molecule has 0 saturated carbocycles. The van der Waals surface area contributed by atoms with E-state index in [2.05, 4.69) is 5.32 Å². The van der Waals surface area contributed by atoms with E-state index in [0.717, 1.165) is 0 Å². The Bertz CT molecular complexity index is 354. The first-order chi connectivity index (χ1) is 7.09. The summed E-state index contributed by atoms with van der Waals surface area (Å²) in [4.78, 5) is 0. The van der Waals surface area contributed by atoms with Gasteiger partial charge in [-0.2, -0.15) is 0 Å². The van der Waals surface area contributed by atoms with Crippen LogP contribution in [0.4, 0.5) is 8.78 Å². The van der Waals surface area contributed by atoms with Crippen LogP contribution in [0.15, 0.2) is 24.3 Å². The van der Waals surface area contributed by atoms with E-state index >= 15 is 0 Å². The second-order valence-electron chi connectivity index (χ2n) is 3.82. The predicted octanol–water partition coefficient (Wildman–Crippen LogP) is 3.05. The van der Waals surface area contributed by atoms with Crippen LogP contribution < -0.4 is 5.32 Å².